The van der Waals surface area contributed by atoms with E-state index in [4.69, 9.17) is 24.4 Å². The van der Waals surface area contributed by atoms with Gasteiger partial charge in [0.05, 0.1) is 12.7 Å². The van der Waals surface area contributed by atoms with Crippen LogP contribution in [-0.2, 0) is 19.0 Å². The van der Waals surface area contributed by atoms with Crippen LogP contribution in [0.4, 0.5) is 0 Å². The van der Waals surface area contributed by atoms with Gasteiger partial charge in [-0.1, -0.05) is 0 Å². The number of aliphatic hydroxyl groups excluding tert-OH is 6. The Morgan fingerprint density at radius 1 is 1.13 bits per heavy atom. The van der Waals surface area contributed by atoms with Gasteiger partial charge in [-0.2, -0.15) is 0 Å². The third kappa shape index (κ3) is 3.33. The van der Waals surface area contributed by atoms with E-state index in [1.54, 1.807) is 0 Å². The summed E-state index contributed by atoms with van der Waals surface area (Å²) in [5, 5.41) is 66.6. The van der Waals surface area contributed by atoms with Crippen LogP contribution in [0.15, 0.2) is 0 Å². The molecule has 0 amide bonds. The summed E-state index contributed by atoms with van der Waals surface area (Å²) in [6, 6.07) is 0. The van der Waals surface area contributed by atoms with Gasteiger partial charge >= 0.3 is 5.97 Å². The number of aliphatic hydroxyl groups is 6. The number of carboxylic acid groups (broad SMARTS) is 1. The average Bonchev–Trinajstić information content (AvgIpc) is 2.84. The van der Waals surface area contributed by atoms with E-state index < -0.39 is 67.9 Å². The molecule has 7 N–H and O–H groups in total. The van der Waals surface area contributed by atoms with E-state index in [2.05, 4.69) is 0 Å². The van der Waals surface area contributed by atoms with Crippen LogP contribution in [0.3, 0.4) is 0 Å². The van der Waals surface area contributed by atoms with Crippen LogP contribution in [0.1, 0.15) is 6.42 Å². The quantitative estimate of drug-likeness (QED) is 0.257. The first-order valence-corrected chi connectivity index (χ1v) is 6.93. The number of carboxylic acids is 1. The third-order valence-corrected chi connectivity index (χ3v) is 3.91. The van der Waals surface area contributed by atoms with Crippen LogP contribution in [0.5, 0.6) is 0 Å². The predicted octanol–water partition coefficient (Wildman–Crippen LogP) is -4.27. The predicted molar refractivity (Wildman–Crippen MR) is 67.8 cm³/mol. The van der Waals surface area contributed by atoms with Crippen molar-refractivity contribution in [2.75, 3.05) is 13.2 Å². The molecule has 0 aromatic heterocycles. The molecular weight excluding hydrogens is 320 g/mol. The lowest BCUT2D eigenvalue weighted by atomic mass is 9.98. The van der Waals surface area contributed by atoms with Gasteiger partial charge in [-0.15, -0.1) is 0 Å². The summed E-state index contributed by atoms with van der Waals surface area (Å²) in [5.74, 6) is -3.67. The average molecular weight is 340 g/mol. The zero-order valence-electron chi connectivity index (χ0n) is 11.9. The first-order chi connectivity index (χ1) is 10.8. The Bertz CT molecular complexity index is 431. The molecule has 134 valence electrons. The summed E-state index contributed by atoms with van der Waals surface area (Å²) in [5.41, 5.74) is 0. The van der Waals surface area contributed by atoms with Crippen LogP contribution in [0, 0.1) is 0 Å². The van der Waals surface area contributed by atoms with Crippen LogP contribution in [0.25, 0.3) is 0 Å². The Morgan fingerprint density at radius 2 is 1.78 bits per heavy atom. The molecule has 2 aliphatic rings. The fraction of sp³-hybridized carbons (Fsp3) is 0.917. The molecular formula is C12H20O11. The maximum absolute atomic E-state index is 11.0. The topological polar surface area (TPSA) is 186 Å². The minimum atomic E-state index is -2.07. The molecule has 23 heavy (non-hydrogen) atoms. The zero-order valence-corrected chi connectivity index (χ0v) is 11.9. The molecule has 0 bridgehead atoms. The Balaban J connectivity index is 2.18. The summed E-state index contributed by atoms with van der Waals surface area (Å²) < 4.78 is 15.3. The Kier molecular flexibility index (Phi) is 5.56. The first kappa shape index (κ1) is 18.4. The highest BCUT2D eigenvalue weighted by molar-refractivity contribution is 5.73. The first-order valence-electron chi connectivity index (χ1n) is 6.93. The highest BCUT2D eigenvalue weighted by Crippen LogP contribution is 2.35. The van der Waals surface area contributed by atoms with Gasteiger partial charge in [-0.25, -0.2) is 4.79 Å². The van der Waals surface area contributed by atoms with Gasteiger partial charge in [0, 0.05) is 6.42 Å². The van der Waals surface area contributed by atoms with Crippen molar-refractivity contribution in [3.63, 3.8) is 0 Å². The van der Waals surface area contributed by atoms with Gasteiger partial charge in [0.25, 0.3) is 0 Å². The number of ether oxygens (including phenoxy) is 3. The molecule has 0 aromatic rings. The molecule has 2 fully saturated rings. The monoisotopic (exact) mass is 340 g/mol. The Labute approximate surface area is 130 Å². The fourth-order valence-electron chi connectivity index (χ4n) is 2.58. The molecule has 0 spiro atoms. The lowest BCUT2D eigenvalue weighted by Crippen LogP contribution is -2.63. The second kappa shape index (κ2) is 6.93. The highest BCUT2D eigenvalue weighted by Gasteiger charge is 2.55. The maximum Gasteiger partial charge on any atom is 0.335 e. The summed E-state index contributed by atoms with van der Waals surface area (Å²) in [4.78, 5) is 11.0. The van der Waals surface area contributed by atoms with E-state index in [9.17, 15) is 30.3 Å². The van der Waals surface area contributed by atoms with Crippen molar-refractivity contribution in [1.82, 2.24) is 0 Å². The van der Waals surface area contributed by atoms with E-state index in [0.717, 1.165) is 0 Å². The second-order valence-corrected chi connectivity index (χ2v) is 5.50. The molecule has 2 saturated heterocycles. The van der Waals surface area contributed by atoms with Gasteiger partial charge < -0.3 is 50.0 Å². The maximum atomic E-state index is 11.0. The van der Waals surface area contributed by atoms with E-state index in [1.165, 1.54) is 0 Å². The summed E-state index contributed by atoms with van der Waals surface area (Å²) in [6.07, 6.45) is -11.6. The van der Waals surface area contributed by atoms with Crippen molar-refractivity contribution in [1.29, 1.82) is 0 Å². The molecule has 0 aromatic carbocycles. The van der Waals surface area contributed by atoms with Crippen molar-refractivity contribution < 1.29 is 54.8 Å². The Hall–Kier alpha value is -0.890. The molecule has 0 radical (unpaired) electrons. The van der Waals surface area contributed by atoms with E-state index in [1.807, 2.05) is 0 Å². The number of rotatable bonds is 5. The van der Waals surface area contributed by atoms with Gasteiger partial charge in [0.1, 0.15) is 31.0 Å². The highest BCUT2D eigenvalue weighted by atomic mass is 16.8. The van der Waals surface area contributed by atoms with Gasteiger partial charge in [-0.05, 0) is 0 Å². The largest absolute Gasteiger partial charge is 0.479 e. The normalized spacial score (nSPS) is 47.7. The standard InChI is InChI=1S/C12H20O11/c13-2-4-1-5(15)12(3-14,22-4)23-11-8(18)6(16)7(17)9(21-11)10(19)20/h4-9,11,13-18H,1-3H2,(H,19,20)/t4-,5+,6?,7?,8?,9?,11?,12-/m0/s1. The SMILES string of the molecule is O=C(O)C1OC(O[C@]2(CO)O[C@H](CO)C[C@H]2O)C(O)C(O)C1O. The summed E-state index contributed by atoms with van der Waals surface area (Å²) in [6.45, 7) is -1.34. The number of hydrogen-bond donors (Lipinski definition) is 7. The molecule has 2 aliphatic heterocycles. The van der Waals surface area contributed by atoms with Gasteiger partial charge in [0.15, 0.2) is 12.4 Å². The van der Waals surface area contributed by atoms with Crippen LogP contribution >= 0.6 is 0 Å². The number of carbonyl (C=O) groups is 1. The van der Waals surface area contributed by atoms with Gasteiger partial charge in [0.2, 0.25) is 5.79 Å². The summed E-state index contributed by atoms with van der Waals surface area (Å²) >= 11 is 0. The number of aliphatic carboxylic acids is 1. The van der Waals surface area contributed by atoms with Crippen LogP contribution < -0.4 is 0 Å². The van der Waals surface area contributed by atoms with Gasteiger partial charge in [-0.3, -0.25) is 0 Å². The number of hydrogen-bond acceptors (Lipinski definition) is 10. The summed E-state index contributed by atoms with van der Waals surface area (Å²) in [7, 11) is 0. The third-order valence-electron chi connectivity index (χ3n) is 3.91. The van der Waals surface area contributed by atoms with Crippen molar-refractivity contribution in [3.05, 3.63) is 0 Å². The molecule has 8 atom stereocenters. The van der Waals surface area contributed by atoms with Crippen molar-refractivity contribution in [2.45, 2.75) is 55.1 Å². The molecule has 5 unspecified atom stereocenters. The van der Waals surface area contributed by atoms with Crippen molar-refractivity contribution >= 4 is 5.97 Å². The second-order valence-electron chi connectivity index (χ2n) is 5.50. The lowest BCUT2D eigenvalue weighted by Gasteiger charge is -2.42. The minimum Gasteiger partial charge on any atom is -0.479 e. The van der Waals surface area contributed by atoms with Crippen molar-refractivity contribution in [3.8, 4) is 0 Å². The van der Waals surface area contributed by atoms with Crippen LogP contribution in [-0.4, -0.2) is 104 Å². The molecule has 11 heteroatoms. The van der Waals surface area contributed by atoms with E-state index >= 15 is 0 Å². The van der Waals surface area contributed by atoms with E-state index in [-0.39, 0.29) is 6.42 Å². The zero-order chi connectivity index (χ0) is 17.4. The minimum absolute atomic E-state index is 0.0760. The van der Waals surface area contributed by atoms with E-state index in [0.29, 0.717) is 0 Å². The fourth-order valence-corrected chi connectivity index (χ4v) is 2.58. The molecule has 2 heterocycles. The van der Waals surface area contributed by atoms with Crippen molar-refractivity contribution in [2.24, 2.45) is 0 Å². The molecule has 2 rings (SSSR count). The lowest BCUT2D eigenvalue weighted by molar-refractivity contribution is -0.379. The van der Waals surface area contributed by atoms with Crippen LogP contribution in [0.2, 0.25) is 0 Å². The molecule has 0 aliphatic carbocycles. The molecule has 0 saturated carbocycles. The Morgan fingerprint density at radius 3 is 2.26 bits per heavy atom. The molecule has 11 nitrogen and oxygen atoms in total. The smallest absolute Gasteiger partial charge is 0.335 e.